The van der Waals surface area contributed by atoms with Crippen molar-refractivity contribution in [3.63, 3.8) is 0 Å². The third-order valence-corrected chi connectivity index (χ3v) is 8.41. The SMILES string of the molecule is C=CC(=O)N1C[C@H](C)N(c2nc(=O)n(-c3c(C)ccnc3S(C)(=O)=O)c3nc(-c4c(O)cccc4F)c(F)cc23)C[C@@H]1C. The minimum atomic E-state index is -3.99. The molecule has 5 rings (SSSR count). The van der Waals surface area contributed by atoms with Crippen LogP contribution in [-0.2, 0) is 14.6 Å². The molecule has 4 heterocycles. The second-order valence-electron chi connectivity index (χ2n) is 10.5. The second-order valence-corrected chi connectivity index (χ2v) is 12.4. The zero-order chi connectivity index (χ0) is 31.4. The Morgan fingerprint density at radius 2 is 1.84 bits per heavy atom. The van der Waals surface area contributed by atoms with E-state index in [2.05, 4.69) is 21.5 Å². The van der Waals surface area contributed by atoms with E-state index < -0.39 is 55.2 Å². The van der Waals surface area contributed by atoms with Crippen molar-refractivity contribution in [3.05, 3.63) is 76.9 Å². The average molecular weight is 611 g/mol. The van der Waals surface area contributed by atoms with Crippen LogP contribution in [0.5, 0.6) is 5.75 Å². The van der Waals surface area contributed by atoms with E-state index in [0.29, 0.717) is 5.56 Å². The number of phenolic OH excluding ortho intramolecular Hbond substituents is 1. The number of hydrogen-bond donors (Lipinski definition) is 1. The number of halogens is 2. The number of benzene rings is 1. The van der Waals surface area contributed by atoms with Gasteiger partial charge in [0.05, 0.1) is 16.6 Å². The van der Waals surface area contributed by atoms with Gasteiger partial charge in [0.25, 0.3) is 0 Å². The van der Waals surface area contributed by atoms with Gasteiger partial charge in [0.2, 0.25) is 5.91 Å². The van der Waals surface area contributed by atoms with Gasteiger partial charge in [-0.2, -0.15) is 4.98 Å². The number of aromatic nitrogens is 4. The van der Waals surface area contributed by atoms with Crippen LogP contribution in [0.15, 0.2) is 59.0 Å². The fourth-order valence-electron chi connectivity index (χ4n) is 5.36. The highest BCUT2D eigenvalue weighted by Gasteiger charge is 2.34. The molecule has 2 atom stereocenters. The molecule has 224 valence electrons. The van der Waals surface area contributed by atoms with Crippen LogP contribution in [0.1, 0.15) is 19.4 Å². The Morgan fingerprint density at radius 1 is 1.12 bits per heavy atom. The van der Waals surface area contributed by atoms with Crippen molar-refractivity contribution < 1.29 is 27.1 Å². The number of piperazine rings is 1. The van der Waals surface area contributed by atoms with Crippen molar-refractivity contribution in [2.24, 2.45) is 0 Å². The van der Waals surface area contributed by atoms with Crippen LogP contribution in [0, 0.1) is 18.6 Å². The largest absolute Gasteiger partial charge is 0.507 e. The van der Waals surface area contributed by atoms with Gasteiger partial charge in [-0.15, -0.1) is 0 Å². The van der Waals surface area contributed by atoms with E-state index in [0.717, 1.165) is 29.0 Å². The normalized spacial score (nSPS) is 17.3. The van der Waals surface area contributed by atoms with Crippen LogP contribution in [0.25, 0.3) is 28.0 Å². The summed E-state index contributed by atoms with van der Waals surface area (Å²) >= 11 is 0. The number of hydrogen-bond acceptors (Lipinski definition) is 9. The molecule has 3 aromatic heterocycles. The van der Waals surface area contributed by atoms with E-state index >= 15 is 4.39 Å². The number of aryl methyl sites for hydroxylation is 1. The van der Waals surface area contributed by atoms with Gasteiger partial charge in [-0.1, -0.05) is 12.6 Å². The lowest BCUT2D eigenvalue weighted by molar-refractivity contribution is -0.128. The molecule has 1 aromatic carbocycles. The first-order chi connectivity index (χ1) is 20.2. The molecule has 1 N–H and O–H groups in total. The molecular weight excluding hydrogens is 582 g/mol. The van der Waals surface area contributed by atoms with Crippen molar-refractivity contribution in [1.29, 1.82) is 0 Å². The molecule has 0 saturated carbocycles. The molecule has 1 amide bonds. The highest BCUT2D eigenvalue weighted by Crippen LogP contribution is 2.37. The number of carbonyl (C=O) groups is 1. The van der Waals surface area contributed by atoms with E-state index in [-0.39, 0.29) is 47.6 Å². The Labute approximate surface area is 245 Å². The third-order valence-electron chi connectivity index (χ3n) is 7.41. The van der Waals surface area contributed by atoms with Gasteiger partial charge in [0, 0.05) is 37.6 Å². The number of carbonyl (C=O) groups excluding carboxylic acids is 1. The van der Waals surface area contributed by atoms with E-state index in [9.17, 15) is 27.5 Å². The lowest BCUT2D eigenvalue weighted by atomic mass is 10.1. The van der Waals surface area contributed by atoms with Crippen LogP contribution in [0.2, 0.25) is 0 Å². The van der Waals surface area contributed by atoms with E-state index in [1.165, 1.54) is 24.4 Å². The highest BCUT2D eigenvalue weighted by molar-refractivity contribution is 7.90. The van der Waals surface area contributed by atoms with Crippen LogP contribution in [0.3, 0.4) is 0 Å². The van der Waals surface area contributed by atoms with Crippen molar-refractivity contribution in [1.82, 2.24) is 24.4 Å². The monoisotopic (exact) mass is 610 g/mol. The first-order valence-electron chi connectivity index (χ1n) is 13.2. The molecular formula is C29H28F2N6O5S. The van der Waals surface area contributed by atoms with Crippen molar-refractivity contribution in [2.75, 3.05) is 24.2 Å². The Balaban J connectivity index is 1.87. The average Bonchev–Trinajstić information content (AvgIpc) is 2.93. The number of phenols is 1. The summed E-state index contributed by atoms with van der Waals surface area (Å²) < 4.78 is 57.2. The van der Waals surface area contributed by atoms with E-state index in [4.69, 9.17) is 0 Å². The number of sulfone groups is 1. The maximum absolute atomic E-state index is 15.8. The number of amides is 1. The van der Waals surface area contributed by atoms with Gasteiger partial charge in [0.1, 0.15) is 23.1 Å². The molecule has 0 spiro atoms. The summed E-state index contributed by atoms with van der Waals surface area (Å²) in [7, 11) is -3.99. The maximum atomic E-state index is 15.8. The van der Waals surface area contributed by atoms with Gasteiger partial charge in [0.15, 0.2) is 26.3 Å². The predicted molar refractivity (Wildman–Crippen MR) is 156 cm³/mol. The molecule has 0 radical (unpaired) electrons. The topological polar surface area (TPSA) is 139 Å². The predicted octanol–water partition coefficient (Wildman–Crippen LogP) is 3.15. The standard InChI is InChI=1S/C29H28F2N6O5S/c1-6-22(39)35-13-17(4)36(14-16(35)3)26-18-12-20(31)24(23-19(30)8-7-9-21(23)38)33-27(18)37(29(40)34-26)25-15(2)10-11-32-28(25)43(5,41)42/h6-12,16-17,38H,1,13-14H2,2-5H3/t16-,17-/m0/s1. The maximum Gasteiger partial charge on any atom is 0.355 e. The number of nitrogens with zero attached hydrogens (tertiary/aromatic N) is 6. The molecule has 1 aliphatic rings. The van der Waals surface area contributed by atoms with Gasteiger partial charge in [-0.05, 0) is 56.7 Å². The van der Waals surface area contributed by atoms with Crippen molar-refractivity contribution in [2.45, 2.75) is 37.9 Å². The minimum absolute atomic E-state index is 0.0157. The summed E-state index contributed by atoms with van der Waals surface area (Å²) in [6.07, 6.45) is 3.41. The van der Waals surface area contributed by atoms with Gasteiger partial charge in [-0.3, -0.25) is 4.79 Å². The molecule has 0 unspecified atom stereocenters. The molecule has 0 bridgehead atoms. The van der Waals surface area contributed by atoms with Crippen LogP contribution in [-0.4, -0.2) is 75.3 Å². The van der Waals surface area contributed by atoms with Crippen molar-refractivity contribution >= 4 is 32.6 Å². The molecule has 1 saturated heterocycles. The summed E-state index contributed by atoms with van der Waals surface area (Å²) in [5.74, 6) is -2.80. The quantitative estimate of drug-likeness (QED) is 0.338. The molecule has 11 nitrogen and oxygen atoms in total. The smallest absolute Gasteiger partial charge is 0.355 e. The Morgan fingerprint density at radius 3 is 2.49 bits per heavy atom. The van der Waals surface area contributed by atoms with Crippen LogP contribution < -0.4 is 10.6 Å². The first kappa shape index (κ1) is 29.8. The Hall–Kier alpha value is -4.72. The fraction of sp³-hybridized carbons (Fsp3) is 0.276. The van der Waals surface area contributed by atoms with Crippen LogP contribution >= 0.6 is 0 Å². The summed E-state index contributed by atoms with van der Waals surface area (Å²) in [6, 6.07) is 5.19. The molecule has 43 heavy (non-hydrogen) atoms. The van der Waals surface area contributed by atoms with E-state index in [1.807, 2.05) is 0 Å². The molecule has 1 fully saturated rings. The zero-order valence-corrected chi connectivity index (χ0v) is 24.6. The number of pyridine rings is 2. The zero-order valence-electron chi connectivity index (χ0n) is 23.7. The molecule has 4 aromatic rings. The fourth-order valence-corrected chi connectivity index (χ4v) is 6.22. The number of anilines is 1. The summed E-state index contributed by atoms with van der Waals surface area (Å²) in [6.45, 7) is 9.17. The number of rotatable bonds is 5. The molecule has 1 aliphatic heterocycles. The Bertz CT molecular complexity index is 1960. The number of aromatic hydroxyl groups is 1. The summed E-state index contributed by atoms with van der Waals surface area (Å²) in [5.41, 5.74) is -2.14. The molecule has 14 heteroatoms. The highest BCUT2D eigenvalue weighted by atomic mass is 32.2. The summed E-state index contributed by atoms with van der Waals surface area (Å²) in [5, 5.41) is 10.0. The van der Waals surface area contributed by atoms with E-state index in [1.54, 1.807) is 30.6 Å². The Kier molecular flexibility index (Phi) is 7.50. The first-order valence-corrected chi connectivity index (χ1v) is 15.1. The minimum Gasteiger partial charge on any atom is -0.507 e. The lowest BCUT2D eigenvalue weighted by Crippen LogP contribution is -2.58. The summed E-state index contributed by atoms with van der Waals surface area (Å²) in [4.78, 5) is 42.2. The van der Waals surface area contributed by atoms with Gasteiger partial charge < -0.3 is 14.9 Å². The van der Waals surface area contributed by atoms with Gasteiger partial charge in [-0.25, -0.2) is 36.5 Å². The number of fused-ring (bicyclic) bond motifs is 1. The molecule has 0 aliphatic carbocycles. The lowest BCUT2D eigenvalue weighted by Gasteiger charge is -2.44. The van der Waals surface area contributed by atoms with Crippen molar-refractivity contribution in [3.8, 4) is 22.7 Å². The van der Waals surface area contributed by atoms with Gasteiger partial charge >= 0.3 is 5.69 Å². The van der Waals surface area contributed by atoms with Crippen LogP contribution in [0.4, 0.5) is 14.6 Å². The second kappa shape index (κ2) is 10.8. The third kappa shape index (κ3) is 5.11.